The predicted molar refractivity (Wildman–Crippen MR) is 103 cm³/mol. The molecular formula is C21H16BNO. The van der Waals surface area contributed by atoms with E-state index in [0.29, 0.717) is 0 Å². The molecule has 114 valence electrons. The van der Waals surface area contributed by atoms with Gasteiger partial charge >= 0.3 is 0 Å². The van der Waals surface area contributed by atoms with Gasteiger partial charge < -0.3 is 10.1 Å². The summed E-state index contributed by atoms with van der Waals surface area (Å²) in [5.41, 5.74) is 3.47. The van der Waals surface area contributed by atoms with E-state index in [9.17, 15) is 0 Å². The van der Waals surface area contributed by atoms with E-state index in [0.717, 1.165) is 17.0 Å². The molecule has 1 atom stereocenters. The first-order valence-electron chi connectivity index (χ1n) is 8.24. The molecule has 3 heteroatoms. The van der Waals surface area contributed by atoms with Crippen LogP contribution in [0.5, 0.6) is 5.75 Å². The van der Waals surface area contributed by atoms with Crippen molar-refractivity contribution in [2.45, 2.75) is 6.23 Å². The van der Waals surface area contributed by atoms with Crippen LogP contribution < -0.4 is 15.5 Å². The molecule has 24 heavy (non-hydrogen) atoms. The molecule has 0 aliphatic carbocycles. The minimum Gasteiger partial charge on any atom is -0.464 e. The minimum atomic E-state index is -0.132. The van der Waals surface area contributed by atoms with Crippen LogP contribution in [-0.2, 0) is 0 Å². The van der Waals surface area contributed by atoms with E-state index in [1.165, 1.54) is 27.0 Å². The van der Waals surface area contributed by atoms with Crippen LogP contribution >= 0.6 is 0 Å². The molecular weight excluding hydrogens is 293 g/mol. The predicted octanol–water partition coefficient (Wildman–Crippen LogP) is 3.75. The summed E-state index contributed by atoms with van der Waals surface area (Å²) in [6.45, 7) is 0. The molecule has 4 aromatic rings. The van der Waals surface area contributed by atoms with Gasteiger partial charge in [-0.3, -0.25) is 0 Å². The van der Waals surface area contributed by atoms with Crippen molar-refractivity contribution in [3.8, 4) is 5.75 Å². The fraction of sp³-hybridized carbons (Fsp3) is 0.0476. The smallest absolute Gasteiger partial charge is 0.196 e. The van der Waals surface area contributed by atoms with Crippen LogP contribution in [0.15, 0.2) is 72.8 Å². The quantitative estimate of drug-likeness (QED) is 0.427. The molecule has 0 fully saturated rings. The zero-order valence-corrected chi connectivity index (χ0v) is 13.4. The number of nitrogens with one attached hydrogen (secondary N) is 1. The molecule has 5 rings (SSSR count). The second-order valence-electron chi connectivity index (χ2n) is 6.38. The molecule has 0 spiro atoms. The molecule has 1 unspecified atom stereocenters. The van der Waals surface area contributed by atoms with Gasteiger partial charge in [0.2, 0.25) is 0 Å². The lowest BCUT2D eigenvalue weighted by molar-refractivity contribution is 0.263. The first kappa shape index (κ1) is 13.5. The molecule has 0 radical (unpaired) electrons. The molecule has 4 aromatic carbocycles. The molecule has 1 heterocycles. The van der Waals surface area contributed by atoms with Gasteiger partial charge in [0.1, 0.15) is 7.85 Å². The Bertz CT molecular complexity index is 1080. The molecule has 0 aromatic heterocycles. The first-order valence-corrected chi connectivity index (χ1v) is 8.24. The molecule has 1 N–H and O–H groups in total. The topological polar surface area (TPSA) is 21.3 Å². The summed E-state index contributed by atoms with van der Waals surface area (Å²) < 4.78 is 6.33. The van der Waals surface area contributed by atoms with Gasteiger partial charge in [-0.1, -0.05) is 72.2 Å². The number of anilines is 1. The average Bonchev–Trinajstić information content (AvgIpc) is 3.06. The summed E-state index contributed by atoms with van der Waals surface area (Å²) in [5, 5.41) is 8.39. The van der Waals surface area contributed by atoms with Gasteiger partial charge in [0, 0.05) is 10.9 Å². The van der Waals surface area contributed by atoms with E-state index < -0.39 is 0 Å². The fourth-order valence-corrected chi connectivity index (χ4v) is 3.55. The Kier molecular flexibility index (Phi) is 2.83. The van der Waals surface area contributed by atoms with Gasteiger partial charge in [-0.15, -0.1) is 0 Å². The van der Waals surface area contributed by atoms with E-state index in [2.05, 4.69) is 67.8 Å². The number of fused-ring (bicyclic) bond motifs is 5. The zero-order valence-electron chi connectivity index (χ0n) is 13.4. The first-order chi connectivity index (χ1) is 11.8. The maximum Gasteiger partial charge on any atom is 0.196 e. The Labute approximate surface area is 141 Å². The number of rotatable bonds is 1. The van der Waals surface area contributed by atoms with E-state index in [1.54, 1.807) is 0 Å². The number of benzene rings is 4. The van der Waals surface area contributed by atoms with Crippen LogP contribution in [0.1, 0.15) is 11.8 Å². The summed E-state index contributed by atoms with van der Waals surface area (Å²) in [7, 11) is 2.13. The van der Waals surface area contributed by atoms with Gasteiger partial charge in [-0.05, 0) is 22.2 Å². The summed E-state index contributed by atoms with van der Waals surface area (Å²) in [5.74, 6) is 0.954. The van der Waals surface area contributed by atoms with Crippen LogP contribution in [-0.4, -0.2) is 7.85 Å². The third-order valence-corrected chi connectivity index (χ3v) is 4.73. The highest BCUT2D eigenvalue weighted by atomic mass is 16.5. The van der Waals surface area contributed by atoms with E-state index in [-0.39, 0.29) is 6.23 Å². The normalized spacial score (nSPS) is 15.9. The van der Waals surface area contributed by atoms with Crippen molar-refractivity contribution in [2.75, 3.05) is 5.32 Å². The molecule has 0 saturated heterocycles. The Hall–Kier alpha value is -2.94. The van der Waals surface area contributed by atoms with Crippen molar-refractivity contribution in [1.82, 2.24) is 0 Å². The maximum atomic E-state index is 6.33. The molecule has 1 aliphatic heterocycles. The van der Waals surface area contributed by atoms with E-state index >= 15 is 0 Å². The Morgan fingerprint density at radius 1 is 0.833 bits per heavy atom. The largest absolute Gasteiger partial charge is 0.464 e. The van der Waals surface area contributed by atoms with Crippen molar-refractivity contribution >= 4 is 40.5 Å². The molecule has 0 saturated carbocycles. The van der Waals surface area contributed by atoms with Crippen molar-refractivity contribution in [1.29, 1.82) is 0 Å². The third-order valence-electron chi connectivity index (χ3n) is 4.73. The minimum absolute atomic E-state index is 0.132. The lowest BCUT2D eigenvalue weighted by Gasteiger charge is -2.12. The lowest BCUT2D eigenvalue weighted by Crippen LogP contribution is -2.09. The monoisotopic (exact) mass is 309 g/mol. The number of ether oxygens (including phenoxy) is 1. The molecule has 0 bridgehead atoms. The summed E-state index contributed by atoms with van der Waals surface area (Å²) >= 11 is 0. The van der Waals surface area contributed by atoms with Gasteiger partial charge in [0.25, 0.3) is 0 Å². The van der Waals surface area contributed by atoms with E-state index in [4.69, 9.17) is 4.74 Å². The van der Waals surface area contributed by atoms with Crippen molar-refractivity contribution in [3.05, 3.63) is 78.4 Å². The number of hydrogen-bond donors (Lipinski definition) is 1. The molecule has 1 aliphatic rings. The van der Waals surface area contributed by atoms with Gasteiger partial charge in [0.15, 0.2) is 12.0 Å². The summed E-state index contributed by atoms with van der Waals surface area (Å²) in [6.07, 6.45) is -0.132. The van der Waals surface area contributed by atoms with Crippen LogP contribution in [0.3, 0.4) is 0 Å². The maximum absolute atomic E-state index is 6.33. The van der Waals surface area contributed by atoms with Gasteiger partial charge in [-0.25, -0.2) is 0 Å². The van der Waals surface area contributed by atoms with Crippen molar-refractivity contribution < 1.29 is 4.74 Å². The highest BCUT2D eigenvalue weighted by Gasteiger charge is 2.25. The van der Waals surface area contributed by atoms with Gasteiger partial charge in [-0.2, -0.15) is 0 Å². The highest BCUT2D eigenvalue weighted by Crippen LogP contribution is 2.45. The number of hydrogen-bond acceptors (Lipinski definition) is 2. The molecule has 2 nitrogen and oxygen atoms in total. The standard InChI is InChI=1S/C21H16BNO/c22-16-9-10-17-15(12-16)7-6-13-8-11-18-20(19(13)17)24-21(23-18)14-4-2-1-3-5-14/h1-12,21,23H,22H2. The Balaban J connectivity index is 1.73. The Morgan fingerprint density at radius 3 is 2.50 bits per heavy atom. The summed E-state index contributed by atoms with van der Waals surface area (Å²) in [4.78, 5) is 0. The van der Waals surface area contributed by atoms with Crippen LogP contribution in [0.4, 0.5) is 5.69 Å². The van der Waals surface area contributed by atoms with Crippen LogP contribution in [0.2, 0.25) is 0 Å². The van der Waals surface area contributed by atoms with Gasteiger partial charge in [0.05, 0.1) is 5.69 Å². The van der Waals surface area contributed by atoms with Crippen molar-refractivity contribution in [2.24, 2.45) is 0 Å². The van der Waals surface area contributed by atoms with E-state index in [1.807, 2.05) is 18.2 Å². The Morgan fingerprint density at radius 2 is 1.62 bits per heavy atom. The third kappa shape index (κ3) is 1.98. The fourth-order valence-electron chi connectivity index (χ4n) is 3.55. The highest BCUT2D eigenvalue weighted by molar-refractivity contribution is 6.33. The molecule has 0 amide bonds. The lowest BCUT2D eigenvalue weighted by atomic mass is 9.91. The zero-order chi connectivity index (χ0) is 16.1. The van der Waals surface area contributed by atoms with Crippen LogP contribution in [0.25, 0.3) is 21.5 Å². The second-order valence-corrected chi connectivity index (χ2v) is 6.38. The second kappa shape index (κ2) is 5.03. The van der Waals surface area contributed by atoms with Crippen molar-refractivity contribution in [3.63, 3.8) is 0 Å². The average molecular weight is 309 g/mol. The summed E-state index contributed by atoms with van der Waals surface area (Å²) in [6, 6.07) is 25.5. The van der Waals surface area contributed by atoms with Crippen LogP contribution in [0, 0.1) is 0 Å². The SMILES string of the molecule is Bc1ccc2c(ccc3ccc4c(c32)OC(c2ccccc2)N4)c1.